The van der Waals surface area contributed by atoms with E-state index in [9.17, 15) is 0 Å². The zero-order valence-electron chi connectivity index (χ0n) is 5.49. The summed E-state index contributed by atoms with van der Waals surface area (Å²) in [7, 11) is 0. The molecule has 1 radical (unpaired) electrons. The number of hydrogen-bond donors (Lipinski definition) is 2. The lowest BCUT2D eigenvalue weighted by molar-refractivity contribution is 0.772. The predicted molar refractivity (Wildman–Crippen MR) is 48.2 cm³/mol. The number of rotatable bonds is 2. The molecule has 0 bridgehead atoms. The van der Waals surface area contributed by atoms with Gasteiger partial charge in [0, 0.05) is 12.3 Å². The van der Waals surface area contributed by atoms with Crippen molar-refractivity contribution in [2.75, 3.05) is 12.3 Å². The van der Waals surface area contributed by atoms with Crippen LogP contribution in [0, 0.1) is 6.54 Å². The predicted octanol–water partition coefficient (Wildman–Crippen LogP) is -0.275. The Morgan fingerprint density at radius 1 is 1.90 bits per heavy atom. The molecule has 1 aliphatic rings. The summed E-state index contributed by atoms with van der Waals surface area (Å²) in [6.45, 7) is 2.49. The highest BCUT2D eigenvalue weighted by Crippen LogP contribution is 2.19. The molecule has 1 fully saturated rings. The van der Waals surface area contributed by atoms with Crippen molar-refractivity contribution in [1.82, 2.24) is 4.90 Å². The summed E-state index contributed by atoms with van der Waals surface area (Å²) >= 11 is 6.56. The van der Waals surface area contributed by atoms with Crippen molar-refractivity contribution in [2.24, 2.45) is 11.5 Å². The lowest BCUT2D eigenvalue weighted by Gasteiger charge is -2.02. The summed E-state index contributed by atoms with van der Waals surface area (Å²) in [5, 5.41) is 0. The third-order valence-electron chi connectivity index (χ3n) is 1.19. The number of thiocarbonyl (C=S) groups is 1. The molecule has 0 spiro atoms. The van der Waals surface area contributed by atoms with Crippen LogP contribution in [0.25, 0.3) is 0 Å². The van der Waals surface area contributed by atoms with Crippen molar-refractivity contribution in [3.63, 3.8) is 0 Å². The van der Waals surface area contributed by atoms with Gasteiger partial charge < -0.3 is 16.4 Å². The van der Waals surface area contributed by atoms with Gasteiger partial charge >= 0.3 is 0 Å². The average Bonchev–Trinajstić information content (AvgIpc) is 2.62. The number of nitrogens with zero attached hydrogens (tertiary/aromatic N) is 1. The molecular weight excluding hydrogens is 166 g/mol. The second-order valence-corrected chi connectivity index (χ2v) is 3.69. The van der Waals surface area contributed by atoms with Crippen LogP contribution in [0.5, 0.6) is 0 Å². The molecule has 0 aromatic carbocycles. The van der Waals surface area contributed by atoms with Gasteiger partial charge in [0.15, 0.2) is 0 Å². The van der Waals surface area contributed by atoms with Crippen molar-refractivity contribution >= 4 is 28.3 Å². The minimum atomic E-state index is 0.165. The number of nitrogens with two attached hydrogens (primary N) is 2. The molecule has 1 heterocycles. The van der Waals surface area contributed by atoms with E-state index in [1.165, 1.54) is 0 Å². The molecule has 10 heavy (non-hydrogen) atoms. The summed E-state index contributed by atoms with van der Waals surface area (Å²) in [5.41, 5.74) is 10.7. The van der Waals surface area contributed by atoms with E-state index >= 15 is 0 Å². The van der Waals surface area contributed by atoms with Gasteiger partial charge in [-0.3, -0.25) is 0 Å². The standard InChI is InChI=1S/C5H10N3S2/c6-1-2-10-5(9)8-3-4(8)7/h1,4H,2-3,6-7H2. The second-order valence-electron chi connectivity index (χ2n) is 2.03. The van der Waals surface area contributed by atoms with Gasteiger partial charge in [0.25, 0.3) is 0 Å². The van der Waals surface area contributed by atoms with Crippen LogP contribution in [0.2, 0.25) is 0 Å². The zero-order chi connectivity index (χ0) is 7.56. The Bertz CT molecular complexity index is 139. The van der Waals surface area contributed by atoms with E-state index in [4.69, 9.17) is 23.7 Å². The SMILES string of the molecule is N[CH]CSC(=S)N1CC1N. The van der Waals surface area contributed by atoms with Crippen molar-refractivity contribution in [2.45, 2.75) is 6.17 Å². The van der Waals surface area contributed by atoms with E-state index in [0.29, 0.717) is 0 Å². The van der Waals surface area contributed by atoms with E-state index in [1.54, 1.807) is 18.3 Å². The molecule has 1 rings (SSSR count). The first-order valence-electron chi connectivity index (χ1n) is 2.98. The van der Waals surface area contributed by atoms with Crippen LogP contribution in [-0.4, -0.2) is 27.7 Å². The number of hydrogen-bond acceptors (Lipinski definition) is 4. The summed E-state index contributed by atoms with van der Waals surface area (Å²) < 4.78 is 0.856. The first kappa shape index (κ1) is 8.26. The maximum atomic E-state index is 5.52. The first-order chi connectivity index (χ1) is 4.75. The normalized spacial score (nSPS) is 23.0. The maximum absolute atomic E-state index is 5.52. The van der Waals surface area contributed by atoms with Gasteiger partial charge in [-0.25, -0.2) is 0 Å². The molecule has 0 aliphatic carbocycles. The molecule has 0 aromatic rings. The van der Waals surface area contributed by atoms with Crippen LogP contribution in [0.4, 0.5) is 0 Å². The Morgan fingerprint density at radius 3 is 2.90 bits per heavy atom. The Labute approximate surface area is 70.1 Å². The quantitative estimate of drug-likeness (QED) is 0.448. The Kier molecular flexibility index (Phi) is 2.91. The van der Waals surface area contributed by atoms with E-state index < -0.39 is 0 Å². The molecule has 0 amide bonds. The molecule has 4 N–H and O–H groups in total. The van der Waals surface area contributed by atoms with Gasteiger partial charge in [0.2, 0.25) is 0 Å². The average molecular weight is 176 g/mol. The third kappa shape index (κ3) is 2.09. The minimum absolute atomic E-state index is 0.165. The van der Waals surface area contributed by atoms with E-state index in [0.717, 1.165) is 16.6 Å². The summed E-state index contributed by atoms with van der Waals surface area (Å²) in [6.07, 6.45) is 0.165. The summed E-state index contributed by atoms with van der Waals surface area (Å²) in [6, 6.07) is 0. The third-order valence-corrected chi connectivity index (χ3v) is 2.62. The maximum Gasteiger partial charge on any atom is 0.137 e. The molecule has 3 nitrogen and oxygen atoms in total. The van der Waals surface area contributed by atoms with Crippen LogP contribution in [0.1, 0.15) is 0 Å². The molecule has 57 valence electrons. The molecule has 0 saturated carbocycles. The molecule has 0 aromatic heterocycles. The molecule has 1 saturated heterocycles. The van der Waals surface area contributed by atoms with E-state index in [1.807, 2.05) is 4.90 Å². The lowest BCUT2D eigenvalue weighted by Crippen LogP contribution is -2.14. The fraction of sp³-hybridized carbons (Fsp3) is 0.600. The van der Waals surface area contributed by atoms with E-state index in [-0.39, 0.29) is 6.17 Å². The van der Waals surface area contributed by atoms with Crippen LogP contribution in [0.15, 0.2) is 0 Å². The van der Waals surface area contributed by atoms with Crippen LogP contribution in [0.3, 0.4) is 0 Å². The topological polar surface area (TPSA) is 55.0 Å². The highest BCUT2D eigenvalue weighted by Gasteiger charge is 2.31. The molecule has 1 aliphatic heterocycles. The van der Waals surface area contributed by atoms with Gasteiger partial charge in [-0.2, -0.15) is 0 Å². The van der Waals surface area contributed by atoms with Gasteiger partial charge in [-0.1, -0.05) is 24.0 Å². The molecule has 1 unspecified atom stereocenters. The van der Waals surface area contributed by atoms with Gasteiger partial charge in [-0.05, 0) is 0 Å². The van der Waals surface area contributed by atoms with Crippen molar-refractivity contribution < 1.29 is 0 Å². The summed E-state index contributed by atoms with van der Waals surface area (Å²) in [5.74, 6) is 0.766. The van der Waals surface area contributed by atoms with Crippen molar-refractivity contribution in [3.8, 4) is 0 Å². The van der Waals surface area contributed by atoms with Crippen LogP contribution >= 0.6 is 24.0 Å². The fourth-order valence-electron chi connectivity index (χ4n) is 0.567. The van der Waals surface area contributed by atoms with Crippen molar-refractivity contribution in [3.05, 3.63) is 6.54 Å². The fourth-order valence-corrected chi connectivity index (χ4v) is 1.60. The van der Waals surface area contributed by atoms with Crippen LogP contribution in [-0.2, 0) is 0 Å². The van der Waals surface area contributed by atoms with Crippen molar-refractivity contribution in [1.29, 1.82) is 0 Å². The monoisotopic (exact) mass is 176 g/mol. The minimum Gasteiger partial charge on any atom is -0.337 e. The summed E-state index contributed by atoms with van der Waals surface area (Å²) in [4.78, 5) is 1.96. The first-order valence-corrected chi connectivity index (χ1v) is 4.37. The molecule has 1 atom stereocenters. The van der Waals surface area contributed by atoms with Gasteiger partial charge in [0.05, 0.1) is 12.7 Å². The smallest absolute Gasteiger partial charge is 0.137 e. The Balaban J connectivity index is 2.11. The largest absolute Gasteiger partial charge is 0.337 e. The lowest BCUT2D eigenvalue weighted by atomic mass is 10.8. The molecule has 5 heteroatoms. The Hall–Kier alpha value is 0.160. The second kappa shape index (κ2) is 3.52. The zero-order valence-corrected chi connectivity index (χ0v) is 7.12. The highest BCUT2D eigenvalue weighted by molar-refractivity contribution is 8.23. The highest BCUT2D eigenvalue weighted by atomic mass is 32.2. The molecular formula is C5H10N3S2. The van der Waals surface area contributed by atoms with Gasteiger partial charge in [-0.15, -0.1) is 0 Å². The van der Waals surface area contributed by atoms with Gasteiger partial charge in [0.1, 0.15) is 4.32 Å². The van der Waals surface area contributed by atoms with E-state index in [2.05, 4.69) is 0 Å². The van der Waals surface area contributed by atoms with Crippen LogP contribution < -0.4 is 11.5 Å². The Morgan fingerprint density at radius 2 is 2.50 bits per heavy atom. The number of thioether (sulfide) groups is 1.